The number of aromatic nitrogens is 2. The van der Waals surface area contributed by atoms with Gasteiger partial charge in [-0.1, -0.05) is 17.3 Å². The molecule has 0 unspecified atom stereocenters. The third-order valence-electron chi connectivity index (χ3n) is 3.67. The minimum atomic E-state index is 0.0196. The van der Waals surface area contributed by atoms with Crippen LogP contribution in [0.25, 0.3) is 0 Å². The van der Waals surface area contributed by atoms with Crippen molar-refractivity contribution < 1.29 is 9.32 Å². The second kappa shape index (κ2) is 5.07. The monoisotopic (exact) mass is 271 g/mol. The van der Waals surface area contributed by atoms with Gasteiger partial charge in [0.1, 0.15) is 0 Å². The fraction of sp³-hybridized carbons (Fsp3) is 0.400. The molecule has 0 spiro atoms. The van der Waals surface area contributed by atoms with Crippen LogP contribution in [-0.4, -0.2) is 28.0 Å². The molecule has 0 aliphatic heterocycles. The molecule has 1 amide bonds. The molecule has 0 radical (unpaired) electrons. The predicted octanol–water partition coefficient (Wildman–Crippen LogP) is 2.14. The van der Waals surface area contributed by atoms with Crippen LogP contribution in [0.1, 0.15) is 39.6 Å². The first-order valence-corrected chi connectivity index (χ1v) is 6.80. The Morgan fingerprint density at radius 2 is 2.25 bits per heavy atom. The van der Waals surface area contributed by atoms with Crippen LogP contribution in [0.2, 0.25) is 0 Å². The quantitative estimate of drug-likeness (QED) is 0.858. The maximum Gasteiger partial charge on any atom is 0.254 e. The van der Waals surface area contributed by atoms with E-state index in [0.717, 1.165) is 24.8 Å². The van der Waals surface area contributed by atoms with E-state index in [0.29, 0.717) is 18.3 Å². The molecule has 1 aliphatic rings. The van der Waals surface area contributed by atoms with Crippen LogP contribution in [0.5, 0.6) is 0 Å². The van der Waals surface area contributed by atoms with Gasteiger partial charge in [-0.3, -0.25) is 4.79 Å². The summed E-state index contributed by atoms with van der Waals surface area (Å²) in [5, 5.41) is 3.82. The van der Waals surface area contributed by atoms with Gasteiger partial charge in [0, 0.05) is 19.5 Å². The van der Waals surface area contributed by atoms with Gasteiger partial charge in [-0.05, 0) is 36.5 Å². The van der Waals surface area contributed by atoms with Crippen molar-refractivity contribution in [2.24, 2.45) is 0 Å². The smallest absolute Gasteiger partial charge is 0.254 e. The fourth-order valence-corrected chi connectivity index (χ4v) is 2.72. The van der Waals surface area contributed by atoms with Crippen LogP contribution >= 0.6 is 0 Å². The van der Waals surface area contributed by atoms with Crippen LogP contribution in [0, 0.1) is 6.92 Å². The van der Waals surface area contributed by atoms with Crippen molar-refractivity contribution in [3.8, 4) is 0 Å². The Morgan fingerprint density at radius 3 is 3.00 bits per heavy atom. The van der Waals surface area contributed by atoms with Crippen molar-refractivity contribution in [2.45, 2.75) is 32.7 Å². The fourth-order valence-electron chi connectivity index (χ4n) is 2.72. The molecular weight excluding hydrogens is 254 g/mol. The van der Waals surface area contributed by atoms with Crippen molar-refractivity contribution in [1.29, 1.82) is 0 Å². The summed E-state index contributed by atoms with van der Waals surface area (Å²) in [6.07, 6.45) is 3.20. The zero-order valence-electron chi connectivity index (χ0n) is 11.7. The Kier molecular flexibility index (Phi) is 3.26. The predicted molar refractivity (Wildman–Crippen MR) is 73.3 cm³/mol. The summed E-state index contributed by atoms with van der Waals surface area (Å²) in [7, 11) is 1.77. The molecule has 5 heteroatoms. The van der Waals surface area contributed by atoms with Gasteiger partial charge in [-0.15, -0.1) is 0 Å². The number of fused-ring (bicyclic) bond motifs is 1. The van der Waals surface area contributed by atoms with Gasteiger partial charge in [0.15, 0.2) is 5.82 Å². The number of aryl methyl sites for hydroxylation is 2. The van der Waals surface area contributed by atoms with Crippen LogP contribution in [0.4, 0.5) is 0 Å². The number of rotatable bonds is 3. The molecule has 0 bridgehead atoms. The number of carbonyl (C=O) groups is 1. The molecule has 5 nitrogen and oxygen atoms in total. The van der Waals surface area contributed by atoms with Crippen molar-refractivity contribution >= 4 is 5.91 Å². The minimum Gasteiger partial charge on any atom is -0.340 e. The lowest BCUT2D eigenvalue weighted by molar-refractivity contribution is 0.0779. The standard InChI is InChI=1S/C15H17N3O2/c1-10-16-14(17-20-10)9-18(2)15(19)13-8-4-6-11-5-3-7-12(11)13/h4,6,8H,3,5,7,9H2,1-2H3. The maximum atomic E-state index is 12.6. The molecule has 3 rings (SSSR count). The van der Waals surface area contributed by atoms with Gasteiger partial charge in [0.05, 0.1) is 6.54 Å². The highest BCUT2D eigenvalue weighted by Crippen LogP contribution is 2.26. The van der Waals surface area contributed by atoms with Crippen molar-refractivity contribution in [2.75, 3.05) is 7.05 Å². The summed E-state index contributed by atoms with van der Waals surface area (Å²) in [4.78, 5) is 18.3. The second-order valence-corrected chi connectivity index (χ2v) is 5.19. The molecule has 0 N–H and O–H groups in total. The SMILES string of the molecule is Cc1nc(CN(C)C(=O)c2cccc3c2CCC3)no1. The van der Waals surface area contributed by atoms with Gasteiger partial charge in [-0.2, -0.15) is 4.98 Å². The molecule has 2 aromatic rings. The highest BCUT2D eigenvalue weighted by molar-refractivity contribution is 5.96. The molecule has 1 aromatic carbocycles. The summed E-state index contributed by atoms with van der Waals surface area (Å²) in [6.45, 7) is 2.10. The first kappa shape index (κ1) is 12.8. The third kappa shape index (κ3) is 2.31. The first-order valence-electron chi connectivity index (χ1n) is 6.80. The molecule has 1 aromatic heterocycles. The number of hydrogen-bond acceptors (Lipinski definition) is 4. The largest absolute Gasteiger partial charge is 0.340 e. The summed E-state index contributed by atoms with van der Waals surface area (Å²) < 4.78 is 4.93. The Balaban J connectivity index is 1.80. The Labute approximate surface area is 117 Å². The van der Waals surface area contributed by atoms with Crippen molar-refractivity contribution in [3.63, 3.8) is 0 Å². The van der Waals surface area contributed by atoms with Gasteiger partial charge in [0.25, 0.3) is 5.91 Å². The van der Waals surface area contributed by atoms with Gasteiger partial charge < -0.3 is 9.42 Å². The number of amides is 1. The molecule has 1 aliphatic carbocycles. The highest BCUT2D eigenvalue weighted by Gasteiger charge is 2.21. The van der Waals surface area contributed by atoms with Crippen molar-refractivity contribution in [1.82, 2.24) is 15.0 Å². The van der Waals surface area contributed by atoms with E-state index in [9.17, 15) is 4.79 Å². The normalized spacial score (nSPS) is 13.3. The Hall–Kier alpha value is -2.17. The lowest BCUT2D eigenvalue weighted by Gasteiger charge is -2.17. The average molecular weight is 271 g/mol. The van der Waals surface area contributed by atoms with Gasteiger partial charge >= 0.3 is 0 Å². The molecule has 0 saturated carbocycles. The minimum absolute atomic E-state index is 0.0196. The molecule has 20 heavy (non-hydrogen) atoms. The molecule has 0 atom stereocenters. The maximum absolute atomic E-state index is 12.6. The zero-order valence-corrected chi connectivity index (χ0v) is 11.7. The van der Waals surface area contributed by atoms with E-state index in [1.54, 1.807) is 18.9 Å². The van der Waals surface area contributed by atoms with E-state index < -0.39 is 0 Å². The van der Waals surface area contributed by atoms with Crippen LogP contribution in [0.3, 0.4) is 0 Å². The third-order valence-corrected chi connectivity index (χ3v) is 3.67. The topological polar surface area (TPSA) is 59.2 Å². The first-order chi connectivity index (χ1) is 9.65. The second-order valence-electron chi connectivity index (χ2n) is 5.19. The van der Waals surface area contributed by atoms with E-state index in [1.165, 1.54) is 11.1 Å². The Bertz CT molecular complexity index is 648. The van der Waals surface area contributed by atoms with Crippen LogP contribution in [-0.2, 0) is 19.4 Å². The molecule has 1 heterocycles. The lowest BCUT2D eigenvalue weighted by Crippen LogP contribution is -2.27. The van der Waals surface area contributed by atoms with E-state index in [2.05, 4.69) is 16.2 Å². The number of benzene rings is 1. The van der Waals surface area contributed by atoms with E-state index in [1.807, 2.05) is 12.1 Å². The van der Waals surface area contributed by atoms with Crippen LogP contribution in [0.15, 0.2) is 22.7 Å². The van der Waals surface area contributed by atoms with E-state index >= 15 is 0 Å². The van der Waals surface area contributed by atoms with Gasteiger partial charge in [0.2, 0.25) is 5.89 Å². The summed E-state index contributed by atoms with van der Waals surface area (Å²) >= 11 is 0. The molecular formula is C15H17N3O2. The summed E-state index contributed by atoms with van der Waals surface area (Å²) in [6, 6.07) is 5.98. The summed E-state index contributed by atoms with van der Waals surface area (Å²) in [5.74, 6) is 1.07. The zero-order chi connectivity index (χ0) is 14.1. The number of nitrogens with zero attached hydrogens (tertiary/aromatic N) is 3. The van der Waals surface area contributed by atoms with Crippen molar-refractivity contribution in [3.05, 3.63) is 46.6 Å². The molecule has 0 fully saturated rings. The highest BCUT2D eigenvalue weighted by atomic mass is 16.5. The Morgan fingerprint density at radius 1 is 1.40 bits per heavy atom. The summed E-state index contributed by atoms with van der Waals surface area (Å²) in [5.41, 5.74) is 3.32. The number of carbonyl (C=O) groups excluding carboxylic acids is 1. The van der Waals surface area contributed by atoms with Gasteiger partial charge in [-0.25, -0.2) is 0 Å². The number of hydrogen-bond donors (Lipinski definition) is 0. The molecule has 104 valence electrons. The van der Waals surface area contributed by atoms with Crippen LogP contribution < -0.4 is 0 Å². The molecule has 0 saturated heterocycles. The van der Waals surface area contributed by atoms with E-state index in [-0.39, 0.29) is 5.91 Å². The van der Waals surface area contributed by atoms with E-state index in [4.69, 9.17) is 4.52 Å². The lowest BCUT2D eigenvalue weighted by atomic mass is 10.0. The average Bonchev–Trinajstić information content (AvgIpc) is 3.06.